The van der Waals surface area contributed by atoms with Crippen molar-refractivity contribution in [3.8, 4) is 17.0 Å². The molecule has 1 heterocycles. The second-order valence-corrected chi connectivity index (χ2v) is 8.23. The van der Waals surface area contributed by atoms with E-state index < -0.39 is 0 Å². The summed E-state index contributed by atoms with van der Waals surface area (Å²) in [6.45, 7) is 4.56. The monoisotopic (exact) mass is 443 g/mol. The predicted octanol–water partition coefficient (Wildman–Crippen LogP) is 6.97. The molecule has 1 aromatic heterocycles. The van der Waals surface area contributed by atoms with Crippen LogP contribution in [0.2, 0.25) is 0 Å². The van der Waals surface area contributed by atoms with E-state index >= 15 is 0 Å². The van der Waals surface area contributed by atoms with Crippen LogP contribution in [0.3, 0.4) is 0 Å². The topological polar surface area (TPSA) is 63.2 Å². The summed E-state index contributed by atoms with van der Waals surface area (Å²) in [5.74, 6) is 0.741. The molecule has 2 N–H and O–H groups in total. The van der Waals surface area contributed by atoms with Gasteiger partial charge in [0.2, 0.25) is 0 Å². The van der Waals surface area contributed by atoms with Gasteiger partial charge in [0, 0.05) is 33.3 Å². The van der Waals surface area contributed by atoms with Crippen LogP contribution in [-0.4, -0.2) is 23.9 Å². The van der Waals surface area contributed by atoms with E-state index in [2.05, 4.69) is 41.8 Å². The van der Waals surface area contributed by atoms with Crippen LogP contribution in [-0.2, 0) is 0 Å². The Kier molecular flexibility index (Phi) is 6.61. The first-order valence-electron chi connectivity index (χ1n) is 10.4. The molecular formula is C26H25N3O2S. The molecule has 0 aliphatic rings. The molecule has 162 valence electrons. The number of amides is 2. The normalized spacial score (nSPS) is 10.7. The number of hydrogen-bond donors (Lipinski definition) is 2. The Morgan fingerprint density at radius 3 is 2.44 bits per heavy atom. The fraction of sp³-hybridized carbons (Fsp3) is 0.154. The molecule has 0 aliphatic carbocycles. The number of thioether (sulfide) groups is 1. The van der Waals surface area contributed by atoms with Crippen molar-refractivity contribution < 1.29 is 9.53 Å². The van der Waals surface area contributed by atoms with Gasteiger partial charge < -0.3 is 15.4 Å². The molecule has 0 radical (unpaired) electrons. The van der Waals surface area contributed by atoms with E-state index in [1.165, 1.54) is 5.56 Å². The van der Waals surface area contributed by atoms with Crippen molar-refractivity contribution >= 4 is 40.1 Å². The summed E-state index contributed by atoms with van der Waals surface area (Å²) in [5, 5.41) is 6.63. The highest BCUT2D eigenvalue weighted by Gasteiger charge is 2.11. The van der Waals surface area contributed by atoms with E-state index in [0.717, 1.165) is 38.5 Å². The largest absolute Gasteiger partial charge is 0.493 e. The van der Waals surface area contributed by atoms with Crippen molar-refractivity contribution in [2.24, 2.45) is 0 Å². The number of urea groups is 1. The maximum absolute atomic E-state index is 12.5. The zero-order chi connectivity index (χ0) is 22.5. The highest BCUT2D eigenvalue weighted by molar-refractivity contribution is 7.98. The third-order valence-corrected chi connectivity index (χ3v) is 5.73. The van der Waals surface area contributed by atoms with E-state index in [4.69, 9.17) is 9.72 Å². The number of nitrogens with zero attached hydrogens (tertiary/aromatic N) is 1. The van der Waals surface area contributed by atoms with Gasteiger partial charge in [-0.2, -0.15) is 0 Å². The second-order valence-electron chi connectivity index (χ2n) is 7.35. The first-order chi connectivity index (χ1) is 15.6. The lowest BCUT2D eigenvalue weighted by Gasteiger charge is -2.13. The van der Waals surface area contributed by atoms with Crippen LogP contribution >= 0.6 is 11.8 Å². The molecule has 0 bridgehead atoms. The van der Waals surface area contributed by atoms with Gasteiger partial charge in [-0.25, -0.2) is 9.78 Å². The molecule has 32 heavy (non-hydrogen) atoms. The lowest BCUT2D eigenvalue weighted by molar-refractivity contribution is 0.262. The summed E-state index contributed by atoms with van der Waals surface area (Å²) in [7, 11) is 0. The van der Waals surface area contributed by atoms with Crippen molar-refractivity contribution in [3.05, 3.63) is 78.4 Å². The lowest BCUT2D eigenvalue weighted by Crippen LogP contribution is -2.19. The zero-order valence-electron chi connectivity index (χ0n) is 18.3. The van der Waals surface area contributed by atoms with Crippen LogP contribution < -0.4 is 15.4 Å². The highest BCUT2D eigenvalue weighted by Crippen LogP contribution is 2.32. The minimum Gasteiger partial charge on any atom is -0.493 e. The molecule has 3 aromatic carbocycles. The van der Waals surface area contributed by atoms with Gasteiger partial charge in [0.25, 0.3) is 0 Å². The van der Waals surface area contributed by atoms with Crippen molar-refractivity contribution in [1.29, 1.82) is 0 Å². The summed E-state index contributed by atoms with van der Waals surface area (Å²) in [6, 6.07) is 23.3. The number of benzene rings is 3. The second kappa shape index (κ2) is 9.75. The molecule has 0 atom stereocenters. The number of carbonyl (C=O) groups excluding carboxylic acids is 1. The number of aryl methyl sites for hydroxylation is 1. The van der Waals surface area contributed by atoms with Crippen molar-refractivity contribution in [2.45, 2.75) is 18.7 Å². The average Bonchev–Trinajstić information content (AvgIpc) is 2.80. The Labute approximate surface area is 192 Å². The number of ether oxygens (including phenoxy) is 1. The molecule has 6 heteroatoms. The molecule has 4 aromatic rings. The van der Waals surface area contributed by atoms with Crippen molar-refractivity contribution in [1.82, 2.24) is 4.98 Å². The van der Waals surface area contributed by atoms with Gasteiger partial charge >= 0.3 is 6.03 Å². The SMILES string of the molecule is CCOc1cc(-c2ccc(C)cc2)nc2ccc(NC(=O)Nc3cccc(SC)c3)cc12. The van der Waals surface area contributed by atoms with Gasteiger partial charge in [-0.15, -0.1) is 11.8 Å². The Morgan fingerprint density at radius 1 is 0.969 bits per heavy atom. The molecule has 5 nitrogen and oxygen atoms in total. The van der Waals surface area contributed by atoms with Crippen LogP contribution in [0.1, 0.15) is 12.5 Å². The Bertz CT molecular complexity index is 1260. The van der Waals surface area contributed by atoms with Gasteiger partial charge in [0.1, 0.15) is 5.75 Å². The molecule has 0 saturated carbocycles. The van der Waals surface area contributed by atoms with E-state index in [-0.39, 0.29) is 6.03 Å². The van der Waals surface area contributed by atoms with Crippen LogP contribution in [0.4, 0.5) is 16.2 Å². The molecule has 0 aliphatic heterocycles. The van der Waals surface area contributed by atoms with E-state index in [0.29, 0.717) is 12.3 Å². The van der Waals surface area contributed by atoms with Crippen LogP contribution in [0, 0.1) is 6.92 Å². The van der Waals surface area contributed by atoms with E-state index in [1.54, 1.807) is 11.8 Å². The molecule has 0 fully saturated rings. The standard InChI is InChI=1S/C26H25N3O2S/c1-4-31-25-16-24(18-10-8-17(2)9-11-18)29-23-13-12-20(15-22(23)25)28-26(30)27-19-6-5-7-21(14-19)32-3/h5-16H,4H2,1-3H3,(H2,27,28,30). The van der Waals surface area contributed by atoms with Crippen LogP contribution in [0.5, 0.6) is 5.75 Å². The van der Waals surface area contributed by atoms with Crippen molar-refractivity contribution in [3.63, 3.8) is 0 Å². The number of nitrogens with one attached hydrogen (secondary N) is 2. The number of aromatic nitrogens is 1. The Balaban J connectivity index is 1.61. The maximum atomic E-state index is 12.5. The molecule has 2 amide bonds. The number of anilines is 2. The molecule has 4 rings (SSSR count). The van der Waals surface area contributed by atoms with Crippen LogP contribution in [0.25, 0.3) is 22.2 Å². The van der Waals surface area contributed by atoms with E-state index in [1.807, 2.05) is 61.7 Å². The number of carbonyl (C=O) groups is 1. The van der Waals surface area contributed by atoms with Gasteiger partial charge in [0.15, 0.2) is 0 Å². The minimum absolute atomic E-state index is 0.301. The number of fused-ring (bicyclic) bond motifs is 1. The van der Waals surface area contributed by atoms with Gasteiger partial charge in [-0.05, 0) is 56.5 Å². The Hall–Kier alpha value is -3.51. The first-order valence-corrected chi connectivity index (χ1v) is 11.6. The van der Waals surface area contributed by atoms with Crippen molar-refractivity contribution in [2.75, 3.05) is 23.5 Å². The molecule has 0 saturated heterocycles. The minimum atomic E-state index is -0.301. The summed E-state index contributed by atoms with van der Waals surface area (Å²) in [5.41, 5.74) is 5.32. The third-order valence-electron chi connectivity index (χ3n) is 5.00. The average molecular weight is 444 g/mol. The predicted molar refractivity (Wildman–Crippen MR) is 134 cm³/mol. The fourth-order valence-corrected chi connectivity index (χ4v) is 3.87. The molecule has 0 unspecified atom stereocenters. The van der Waals surface area contributed by atoms with E-state index in [9.17, 15) is 4.79 Å². The summed E-state index contributed by atoms with van der Waals surface area (Å²) in [4.78, 5) is 18.4. The molecule has 0 spiro atoms. The summed E-state index contributed by atoms with van der Waals surface area (Å²) in [6.07, 6.45) is 2.00. The number of pyridine rings is 1. The van der Waals surface area contributed by atoms with Gasteiger partial charge in [-0.3, -0.25) is 0 Å². The lowest BCUT2D eigenvalue weighted by atomic mass is 10.1. The summed E-state index contributed by atoms with van der Waals surface area (Å²) >= 11 is 1.63. The molecular weight excluding hydrogens is 418 g/mol. The number of rotatable bonds is 6. The highest BCUT2D eigenvalue weighted by atomic mass is 32.2. The van der Waals surface area contributed by atoms with Gasteiger partial charge in [-0.1, -0.05) is 35.9 Å². The maximum Gasteiger partial charge on any atom is 0.323 e. The smallest absolute Gasteiger partial charge is 0.323 e. The van der Waals surface area contributed by atoms with Crippen LogP contribution in [0.15, 0.2) is 77.7 Å². The number of hydrogen-bond acceptors (Lipinski definition) is 4. The fourth-order valence-electron chi connectivity index (χ4n) is 3.41. The first kappa shape index (κ1) is 21.7. The zero-order valence-corrected chi connectivity index (χ0v) is 19.1. The quantitative estimate of drug-likeness (QED) is 0.316. The third kappa shape index (κ3) is 5.03. The summed E-state index contributed by atoms with van der Waals surface area (Å²) < 4.78 is 5.92. The van der Waals surface area contributed by atoms with Gasteiger partial charge in [0.05, 0.1) is 17.8 Å². The Morgan fingerprint density at radius 2 is 1.72 bits per heavy atom.